The number of nitrogens with one attached hydrogen (secondary N) is 1. The number of rotatable bonds is 7. The first-order valence-electron chi connectivity index (χ1n) is 8.99. The lowest BCUT2D eigenvalue weighted by Crippen LogP contribution is -2.14. The van der Waals surface area contributed by atoms with Crippen molar-refractivity contribution < 1.29 is 4.74 Å². The fraction of sp³-hybridized carbons (Fsp3) is 0.318. The summed E-state index contributed by atoms with van der Waals surface area (Å²) in [5.41, 5.74) is 7.41. The molecular formula is C22H27N3O. The third kappa shape index (κ3) is 4.33. The van der Waals surface area contributed by atoms with E-state index in [1.807, 2.05) is 12.1 Å². The molecule has 1 heterocycles. The lowest BCUT2D eigenvalue weighted by Gasteiger charge is -2.08. The van der Waals surface area contributed by atoms with Gasteiger partial charge in [0.05, 0.1) is 19.3 Å². The molecule has 26 heavy (non-hydrogen) atoms. The summed E-state index contributed by atoms with van der Waals surface area (Å²) in [6.07, 6.45) is 0. The van der Waals surface area contributed by atoms with Crippen LogP contribution in [-0.2, 0) is 19.6 Å². The molecule has 0 spiro atoms. The van der Waals surface area contributed by atoms with E-state index in [0.717, 1.165) is 31.1 Å². The van der Waals surface area contributed by atoms with Crippen LogP contribution in [0.15, 0.2) is 48.5 Å². The minimum absolute atomic E-state index is 0.811. The smallest absolute Gasteiger partial charge is 0.118 e. The van der Waals surface area contributed by atoms with Crippen molar-refractivity contribution in [1.29, 1.82) is 0 Å². The molecule has 3 aromatic rings. The highest BCUT2D eigenvalue weighted by molar-refractivity contribution is 5.28. The maximum absolute atomic E-state index is 5.20. The Morgan fingerprint density at radius 2 is 1.54 bits per heavy atom. The minimum Gasteiger partial charge on any atom is -0.497 e. The van der Waals surface area contributed by atoms with Crippen molar-refractivity contribution in [2.75, 3.05) is 7.11 Å². The van der Waals surface area contributed by atoms with Crippen molar-refractivity contribution >= 4 is 0 Å². The third-order valence-electron chi connectivity index (χ3n) is 4.77. The number of hydrogen-bond donors (Lipinski definition) is 1. The lowest BCUT2D eigenvalue weighted by atomic mass is 10.1. The summed E-state index contributed by atoms with van der Waals surface area (Å²) in [6, 6.07) is 16.8. The van der Waals surface area contributed by atoms with E-state index in [4.69, 9.17) is 9.84 Å². The second-order valence-corrected chi connectivity index (χ2v) is 6.74. The number of methoxy groups -OCH3 is 1. The average molecular weight is 349 g/mol. The number of nitrogens with zero attached hydrogens (tertiary/aromatic N) is 2. The minimum atomic E-state index is 0.811. The topological polar surface area (TPSA) is 39.1 Å². The Labute approximate surface area is 155 Å². The van der Waals surface area contributed by atoms with Gasteiger partial charge in [-0.3, -0.25) is 4.68 Å². The maximum atomic E-state index is 5.20. The molecule has 0 unspecified atom stereocenters. The van der Waals surface area contributed by atoms with Crippen molar-refractivity contribution in [3.8, 4) is 5.75 Å². The summed E-state index contributed by atoms with van der Waals surface area (Å²) >= 11 is 0. The van der Waals surface area contributed by atoms with E-state index in [1.54, 1.807) is 7.11 Å². The quantitative estimate of drug-likeness (QED) is 0.696. The van der Waals surface area contributed by atoms with E-state index < -0.39 is 0 Å². The van der Waals surface area contributed by atoms with Crippen LogP contribution in [0.1, 0.15) is 33.6 Å². The Balaban J connectivity index is 1.62. The van der Waals surface area contributed by atoms with Crippen LogP contribution in [0.5, 0.6) is 5.75 Å². The van der Waals surface area contributed by atoms with Crippen LogP contribution in [0, 0.1) is 20.8 Å². The molecule has 0 aliphatic heterocycles. The molecular weight excluding hydrogens is 322 g/mol. The van der Waals surface area contributed by atoms with E-state index in [-0.39, 0.29) is 0 Å². The Hall–Kier alpha value is -2.59. The zero-order valence-electron chi connectivity index (χ0n) is 16.0. The van der Waals surface area contributed by atoms with Gasteiger partial charge in [0.1, 0.15) is 5.75 Å². The molecule has 0 radical (unpaired) electrons. The molecule has 0 aliphatic carbocycles. The molecule has 0 bridgehead atoms. The SMILES string of the molecule is COc1ccc(CNCc2c(C)nn(Cc3ccc(C)cc3)c2C)cc1. The summed E-state index contributed by atoms with van der Waals surface area (Å²) < 4.78 is 7.30. The first kappa shape index (κ1) is 18.2. The standard InChI is InChI=1S/C22H27N3O/c1-16-5-7-20(8-6-16)15-25-18(3)22(17(2)24-25)14-23-13-19-9-11-21(26-4)12-10-19/h5-12,23H,13-15H2,1-4H3. The largest absolute Gasteiger partial charge is 0.497 e. The van der Waals surface area contributed by atoms with Gasteiger partial charge < -0.3 is 10.1 Å². The molecule has 0 saturated heterocycles. The van der Waals surface area contributed by atoms with Crippen molar-refractivity contribution in [2.45, 2.75) is 40.4 Å². The number of hydrogen-bond acceptors (Lipinski definition) is 3. The van der Waals surface area contributed by atoms with Crippen molar-refractivity contribution in [1.82, 2.24) is 15.1 Å². The van der Waals surface area contributed by atoms with Crippen LogP contribution >= 0.6 is 0 Å². The van der Waals surface area contributed by atoms with Gasteiger partial charge in [0.15, 0.2) is 0 Å². The second kappa shape index (κ2) is 8.19. The van der Waals surface area contributed by atoms with Crippen LogP contribution in [0.25, 0.3) is 0 Å². The molecule has 3 rings (SSSR count). The van der Waals surface area contributed by atoms with Crippen LogP contribution in [0.2, 0.25) is 0 Å². The first-order chi connectivity index (χ1) is 12.6. The Bertz CT molecular complexity index is 848. The van der Waals surface area contributed by atoms with E-state index in [1.165, 1.54) is 27.9 Å². The Morgan fingerprint density at radius 1 is 0.885 bits per heavy atom. The maximum Gasteiger partial charge on any atom is 0.118 e. The highest BCUT2D eigenvalue weighted by atomic mass is 16.5. The van der Waals surface area contributed by atoms with Gasteiger partial charge in [0, 0.05) is 24.3 Å². The zero-order chi connectivity index (χ0) is 18.5. The van der Waals surface area contributed by atoms with E-state index >= 15 is 0 Å². The van der Waals surface area contributed by atoms with Gasteiger partial charge in [-0.25, -0.2) is 0 Å². The molecule has 136 valence electrons. The van der Waals surface area contributed by atoms with Crippen molar-refractivity contribution in [3.63, 3.8) is 0 Å². The van der Waals surface area contributed by atoms with Crippen LogP contribution in [0.3, 0.4) is 0 Å². The van der Waals surface area contributed by atoms with Gasteiger partial charge in [-0.2, -0.15) is 5.10 Å². The summed E-state index contributed by atoms with van der Waals surface area (Å²) in [6.45, 7) is 8.80. The number of benzene rings is 2. The molecule has 1 aromatic heterocycles. The summed E-state index contributed by atoms with van der Waals surface area (Å²) in [5, 5.41) is 8.26. The summed E-state index contributed by atoms with van der Waals surface area (Å²) in [4.78, 5) is 0. The molecule has 0 amide bonds. The molecule has 2 aromatic carbocycles. The first-order valence-corrected chi connectivity index (χ1v) is 8.99. The van der Waals surface area contributed by atoms with Gasteiger partial charge in [-0.15, -0.1) is 0 Å². The molecule has 0 saturated carbocycles. The average Bonchev–Trinajstić information content (AvgIpc) is 2.91. The van der Waals surface area contributed by atoms with E-state index in [9.17, 15) is 0 Å². The highest BCUT2D eigenvalue weighted by Crippen LogP contribution is 2.16. The molecule has 4 heteroatoms. The third-order valence-corrected chi connectivity index (χ3v) is 4.77. The van der Waals surface area contributed by atoms with Crippen molar-refractivity contribution in [3.05, 3.63) is 82.2 Å². The number of aryl methyl sites for hydroxylation is 2. The highest BCUT2D eigenvalue weighted by Gasteiger charge is 2.11. The fourth-order valence-electron chi connectivity index (χ4n) is 3.09. The molecule has 4 nitrogen and oxygen atoms in total. The van der Waals surface area contributed by atoms with Crippen LogP contribution in [0.4, 0.5) is 0 Å². The lowest BCUT2D eigenvalue weighted by molar-refractivity contribution is 0.414. The molecule has 0 fully saturated rings. The second-order valence-electron chi connectivity index (χ2n) is 6.74. The normalized spacial score (nSPS) is 10.9. The molecule has 0 aliphatic rings. The summed E-state index contributed by atoms with van der Waals surface area (Å²) in [5.74, 6) is 0.887. The number of ether oxygens (including phenoxy) is 1. The van der Waals surface area contributed by atoms with Crippen LogP contribution < -0.4 is 10.1 Å². The van der Waals surface area contributed by atoms with Gasteiger partial charge in [-0.1, -0.05) is 42.0 Å². The predicted octanol–water partition coefficient (Wildman–Crippen LogP) is 4.16. The molecule has 1 N–H and O–H groups in total. The fourth-order valence-corrected chi connectivity index (χ4v) is 3.09. The monoisotopic (exact) mass is 349 g/mol. The van der Waals surface area contributed by atoms with Gasteiger partial charge in [0.25, 0.3) is 0 Å². The van der Waals surface area contributed by atoms with E-state index in [0.29, 0.717) is 0 Å². The predicted molar refractivity (Wildman–Crippen MR) is 106 cm³/mol. The van der Waals surface area contributed by atoms with Gasteiger partial charge in [0.2, 0.25) is 0 Å². The Morgan fingerprint density at radius 3 is 2.19 bits per heavy atom. The Kier molecular flexibility index (Phi) is 5.74. The summed E-state index contributed by atoms with van der Waals surface area (Å²) in [7, 11) is 1.69. The van der Waals surface area contributed by atoms with Gasteiger partial charge >= 0.3 is 0 Å². The van der Waals surface area contributed by atoms with E-state index in [2.05, 4.69) is 67.2 Å². The van der Waals surface area contributed by atoms with Gasteiger partial charge in [-0.05, 0) is 44.0 Å². The van der Waals surface area contributed by atoms with Crippen LogP contribution in [-0.4, -0.2) is 16.9 Å². The van der Waals surface area contributed by atoms with Crippen molar-refractivity contribution in [2.24, 2.45) is 0 Å². The number of aromatic nitrogens is 2. The zero-order valence-corrected chi connectivity index (χ0v) is 16.0. The molecule has 0 atom stereocenters.